The average molecular weight is 439 g/mol. The highest BCUT2D eigenvalue weighted by molar-refractivity contribution is 4.96. The minimum Gasteiger partial charge on any atom is -0.0654 e. The van der Waals surface area contributed by atoms with Gasteiger partial charge in [-0.2, -0.15) is 0 Å². The van der Waals surface area contributed by atoms with Gasteiger partial charge < -0.3 is 0 Å². The van der Waals surface area contributed by atoms with Gasteiger partial charge in [0, 0.05) is 0 Å². The van der Waals surface area contributed by atoms with Gasteiger partial charge >= 0.3 is 0 Å². The van der Waals surface area contributed by atoms with Crippen molar-refractivity contribution in [3.8, 4) is 0 Å². The highest BCUT2D eigenvalue weighted by atomic mass is 14.5. The number of rotatable bonds is 15. The molecule has 1 aliphatic carbocycles. The number of hydrogen-bond acceptors (Lipinski definition) is 0. The molecule has 0 heteroatoms. The summed E-state index contributed by atoms with van der Waals surface area (Å²) in [6.45, 7) is 25.6. The first-order valence-electron chi connectivity index (χ1n) is 14.6. The smallest absolute Gasteiger partial charge is 0.0320 e. The summed E-state index contributed by atoms with van der Waals surface area (Å²) in [6, 6.07) is 0. The first kappa shape index (κ1) is 33.2. The van der Waals surface area contributed by atoms with Crippen molar-refractivity contribution in [2.45, 2.75) is 166 Å². The summed E-state index contributed by atoms with van der Waals surface area (Å²) < 4.78 is 0. The minimum absolute atomic E-state index is 0.689. The fourth-order valence-corrected chi connectivity index (χ4v) is 5.11. The lowest BCUT2D eigenvalue weighted by molar-refractivity contribution is 0.380. The van der Waals surface area contributed by atoms with E-state index in [0.29, 0.717) is 5.41 Å². The molecule has 2 unspecified atom stereocenters. The van der Waals surface area contributed by atoms with E-state index in [1.807, 2.05) is 0 Å². The van der Waals surface area contributed by atoms with Crippen molar-refractivity contribution >= 4 is 0 Å². The second-order valence-electron chi connectivity index (χ2n) is 11.7. The first-order valence-corrected chi connectivity index (χ1v) is 14.6. The average Bonchev–Trinajstić information content (AvgIpc) is 3.38. The first-order chi connectivity index (χ1) is 14.6. The van der Waals surface area contributed by atoms with Crippen molar-refractivity contribution in [3.63, 3.8) is 0 Å². The van der Waals surface area contributed by atoms with Gasteiger partial charge in [-0.1, -0.05) is 160 Å². The van der Waals surface area contributed by atoms with Crippen molar-refractivity contribution in [2.24, 2.45) is 35.0 Å². The van der Waals surface area contributed by atoms with Crippen LogP contribution in [0.25, 0.3) is 0 Å². The van der Waals surface area contributed by atoms with E-state index in [-0.39, 0.29) is 0 Å². The Bertz CT molecular complexity index is 333. The molecule has 0 N–H and O–H groups in total. The molecule has 0 aromatic heterocycles. The molecule has 1 rings (SSSR count). The standard InChI is InChI=1S/C13H28.C10H22.C8H16/c1-5-12(6-2)10-9-11-13(7-3)8-4;1-4-6-7-9-10(3)8-5-2;1-6(2)7-5-8(7,3)4/h12-13H,5-11H2,1-4H3;10H,4-9H2,1-3H3;6-7H,5H2,1-4H3. The van der Waals surface area contributed by atoms with Crippen LogP contribution in [-0.2, 0) is 0 Å². The van der Waals surface area contributed by atoms with Gasteiger partial charge in [0.25, 0.3) is 0 Å². The van der Waals surface area contributed by atoms with E-state index in [1.165, 1.54) is 89.9 Å². The van der Waals surface area contributed by atoms with Gasteiger partial charge in [-0.25, -0.2) is 0 Å². The van der Waals surface area contributed by atoms with Crippen molar-refractivity contribution < 1.29 is 0 Å². The molecule has 1 saturated carbocycles. The molecule has 0 amide bonds. The van der Waals surface area contributed by atoms with Crippen LogP contribution < -0.4 is 0 Å². The minimum atomic E-state index is 0.689. The van der Waals surface area contributed by atoms with E-state index < -0.39 is 0 Å². The molecular formula is C31H66. The normalized spacial score (nSPS) is 17.8. The third kappa shape index (κ3) is 19.2. The summed E-state index contributed by atoms with van der Waals surface area (Å²) >= 11 is 0. The number of hydrogen-bond donors (Lipinski definition) is 0. The van der Waals surface area contributed by atoms with Gasteiger partial charge in [0.15, 0.2) is 0 Å². The van der Waals surface area contributed by atoms with E-state index >= 15 is 0 Å². The van der Waals surface area contributed by atoms with Crippen LogP contribution in [0.2, 0.25) is 0 Å². The topological polar surface area (TPSA) is 0 Å². The molecule has 0 aromatic carbocycles. The van der Waals surface area contributed by atoms with E-state index in [4.69, 9.17) is 0 Å². The van der Waals surface area contributed by atoms with Crippen LogP contribution in [0.5, 0.6) is 0 Å². The van der Waals surface area contributed by atoms with Gasteiger partial charge in [0.1, 0.15) is 0 Å². The maximum absolute atomic E-state index is 2.37. The summed E-state index contributed by atoms with van der Waals surface area (Å²) in [5.74, 6) is 4.88. The van der Waals surface area contributed by atoms with Crippen molar-refractivity contribution in [3.05, 3.63) is 0 Å². The summed E-state index contributed by atoms with van der Waals surface area (Å²) in [5.41, 5.74) is 0.689. The van der Waals surface area contributed by atoms with Gasteiger partial charge in [0.05, 0.1) is 0 Å². The van der Waals surface area contributed by atoms with Crippen LogP contribution in [0, 0.1) is 35.0 Å². The Labute approximate surface area is 201 Å². The molecule has 190 valence electrons. The maximum Gasteiger partial charge on any atom is -0.0320 e. The Morgan fingerprint density at radius 1 is 0.613 bits per heavy atom. The Balaban J connectivity index is 0. The fraction of sp³-hybridized carbons (Fsp3) is 1.00. The van der Waals surface area contributed by atoms with E-state index in [2.05, 4.69) is 76.2 Å². The summed E-state index contributed by atoms with van der Waals surface area (Å²) in [5, 5.41) is 0. The van der Waals surface area contributed by atoms with E-state index in [0.717, 1.165) is 29.6 Å². The quantitative estimate of drug-likeness (QED) is 0.223. The largest absolute Gasteiger partial charge is 0.0654 e. The summed E-state index contributed by atoms with van der Waals surface area (Å²) in [6.07, 6.45) is 19.8. The molecule has 0 nitrogen and oxygen atoms in total. The van der Waals surface area contributed by atoms with Crippen LogP contribution in [0.1, 0.15) is 166 Å². The van der Waals surface area contributed by atoms with Crippen LogP contribution in [0.15, 0.2) is 0 Å². The zero-order chi connectivity index (χ0) is 24.3. The van der Waals surface area contributed by atoms with Crippen molar-refractivity contribution in [1.82, 2.24) is 0 Å². The van der Waals surface area contributed by atoms with Gasteiger partial charge in [-0.3, -0.25) is 0 Å². The van der Waals surface area contributed by atoms with Crippen molar-refractivity contribution in [2.75, 3.05) is 0 Å². The Morgan fingerprint density at radius 3 is 1.32 bits per heavy atom. The molecule has 31 heavy (non-hydrogen) atoms. The lowest BCUT2D eigenvalue weighted by atomic mass is 9.91. The number of unbranched alkanes of at least 4 members (excludes halogenated alkanes) is 2. The SMILES string of the molecule is CC(C)C1CC1(C)C.CCC(CC)CCCC(CC)CC.CCCCCC(C)CCC. The molecule has 0 bridgehead atoms. The molecule has 1 aliphatic rings. The molecule has 0 spiro atoms. The monoisotopic (exact) mass is 439 g/mol. The third-order valence-electron chi connectivity index (χ3n) is 8.01. The molecule has 1 fully saturated rings. The third-order valence-corrected chi connectivity index (χ3v) is 8.01. The lowest BCUT2D eigenvalue weighted by Gasteiger charge is -2.15. The van der Waals surface area contributed by atoms with E-state index in [1.54, 1.807) is 0 Å². The Hall–Kier alpha value is 0. The summed E-state index contributed by atoms with van der Waals surface area (Å²) in [7, 11) is 0. The van der Waals surface area contributed by atoms with Crippen molar-refractivity contribution in [1.29, 1.82) is 0 Å². The molecule has 2 atom stereocenters. The molecule has 0 radical (unpaired) electrons. The Kier molecular flexibility index (Phi) is 22.0. The van der Waals surface area contributed by atoms with Crippen LogP contribution in [0.4, 0.5) is 0 Å². The predicted octanol–water partition coefficient (Wildman–Crippen LogP) is 11.7. The van der Waals surface area contributed by atoms with Gasteiger partial charge in [0.2, 0.25) is 0 Å². The molecule has 0 heterocycles. The van der Waals surface area contributed by atoms with E-state index in [9.17, 15) is 0 Å². The van der Waals surface area contributed by atoms with Gasteiger partial charge in [-0.15, -0.1) is 0 Å². The molecule has 0 aliphatic heterocycles. The Morgan fingerprint density at radius 2 is 1.06 bits per heavy atom. The van der Waals surface area contributed by atoms with Crippen LogP contribution in [0.3, 0.4) is 0 Å². The molecule has 0 saturated heterocycles. The fourth-order valence-electron chi connectivity index (χ4n) is 5.11. The molecular weight excluding hydrogens is 372 g/mol. The van der Waals surface area contributed by atoms with Crippen LogP contribution in [-0.4, -0.2) is 0 Å². The summed E-state index contributed by atoms with van der Waals surface area (Å²) in [4.78, 5) is 0. The zero-order valence-electron chi connectivity index (χ0n) is 24.3. The van der Waals surface area contributed by atoms with Gasteiger partial charge in [-0.05, 0) is 41.4 Å². The highest BCUT2D eigenvalue weighted by Crippen LogP contribution is 2.55. The predicted molar refractivity (Wildman–Crippen MR) is 147 cm³/mol. The lowest BCUT2D eigenvalue weighted by Crippen LogP contribution is -2.01. The highest BCUT2D eigenvalue weighted by Gasteiger charge is 2.46. The molecule has 0 aromatic rings. The van der Waals surface area contributed by atoms with Crippen LogP contribution >= 0.6 is 0 Å². The maximum atomic E-state index is 2.37. The second-order valence-corrected chi connectivity index (χ2v) is 11.7. The zero-order valence-corrected chi connectivity index (χ0v) is 24.3. The second kappa shape index (κ2) is 20.6.